The highest BCUT2D eigenvalue weighted by atomic mass is 15.2. The van der Waals surface area contributed by atoms with Gasteiger partial charge in [-0.15, -0.1) is 0 Å². The fraction of sp³-hybridized carbons (Fsp3) is 0.385. The second kappa shape index (κ2) is 4.92. The summed E-state index contributed by atoms with van der Waals surface area (Å²) in [5, 5.41) is 15.5. The molecule has 20 heavy (non-hydrogen) atoms. The van der Waals surface area contributed by atoms with Gasteiger partial charge in [-0.3, -0.25) is 9.78 Å². The van der Waals surface area contributed by atoms with E-state index in [2.05, 4.69) is 44.4 Å². The van der Waals surface area contributed by atoms with Crippen LogP contribution in [0.5, 0.6) is 0 Å². The first kappa shape index (κ1) is 12.6. The van der Waals surface area contributed by atoms with Crippen molar-refractivity contribution in [2.45, 2.75) is 19.9 Å². The van der Waals surface area contributed by atoms with Crippen molar-refractivity contribution < 1.29 is 0 Å². The maximum atomic E-state index is 4.32. The van der Waals surface area contributed by atoms with Crippen molar-refractivity contribution in [2.24, 2.45) is 13.0 Å². The third-order valence-electron chi connectivity index (χ3n) is 3.29. The maximum Gasteiger partial charge on any atom is 0.160 e. The minimum Gasteiger partial charge on any atom is -0.362 e. The molecule has 2 N–H and O–H groups in total. The largest absolute Gasteiger partial charge is 0.362 e. The van der Waals surface area contributed by atoms with Crippen LogP contribution in [0.15, 0.2) is 24.9 Å². The van der Waals surface area contributed by atoms with E-state index in [0.717, 1.165) is 22.4 Å². The van der Waals surface area contributed by atoms with Crippen molar-refractivity contribution in [3.05, 3.63) is 30.5 Å². The van der Waals surface area contributed by atoms with Crippen LogP contribution in [0, 0.1) is 5.92 Å². The third kappa shape index (κ3) is 2.22. The quantitative estimate of drug-likeness (QED) is 0.757. The van der Waals surface area contributed by atoms with E-state index in [4.69, 9.17) is 0 Å². The lowest BCUT2D eigenvalue weighted by Crippen LogP contribution is -2.17. The zero-order valence-electron chi connectivity index (χ0n) is 11.7. The lowest BCUT2D eigenvalue weighted by molar-refractivity contribution is 0.545. The monoisotopic (exact) mass is 271 g/mol. The number of aromatic amines is 1. The van der Waals surface area contributed by atoms with E-state index in [-0.39, 0.29) is 6.04 Å². The first-order valence-corrected chi connectivity index (χ1v) is 6.54. The Kier molecular flexibility index (Phi) is 3.09. The van der Waals surface area contributed by atoms with E-state index in [9.17, 15) is 0 Å². The summed E-state index contributed by atoms with van der Waals surface area (Å²) >= 11 is 0. The van der Waals surface area contributed by atoms with E-state index in [1.54, 1.807) is 10.9 Å². The Labute approximate surface area is 116 Å². The van der Waals surface area contributed by atoms with E-state index < -0.39 is 0 Å². The van der Waals surface area contributed by atoms with Crippen LogP contribution in [0.25, 0.3) is 11.0 Å². The first-order valence-electron chi connectivity index (χ1n) is 6.54. The number of hydrogen-bond donors (Lipinski definition) is 2. The van der Waals surface area contributed by atoms with Gasteiger partial charge in [0.05, 0.1) is 23.8 Å². The standard InChI is InChI=1S/C13H17N7/c1-8(2)11(9-4-17-20(3)6-9)18-12-10-5-16-19-13(10)15-7-14-12/h4-8,11H,1-3H3,(H2,14,15,16,18,19)/t11-/m1/s1. The summed E-state index contributed by atoms with van der Waals surface area (Å²) < 4.78 is 1.81. The van der Waals surface area contributed by atoms with Crippen LogP contribution in [0.3, 0.4) is 0 Å². The van der Waals surface area contributed by atoms with Crippen molar-refractivity contribution >= 4 is 16.9 Å². The van der Waals surface area contributed by atoms with Gasteiger partial charge in [-0.25, -0.2) is 9.97 Å². The van der Waals surface area contributed by atoms with Crippen LogP contribution >= 0.6 is 0 Å². The van der Waals surface area contributed by atoms with Crippen LogP contribution in [0.4, 0.5) is 5.82 Å². The van der Waals surface area contributed by atoms with Gasteiger partial charge in [0.15, 0.2) is 5.65 Å². The number of fused-ring (bicyclic) bond motifs is 1. The molecule has 0 aromatic carbocycles. The molecule has 0 aliphatic carbocycles. The van der Waals surface area contributed by atoms with Crippen molar-refractivity contribution in [3.8, 4) is 0 Å². The fourth-order valence-electron chi connectivity index (χ4n) is 2.26. The lowest BCUT2D eigenvalue weighted by Gasteiger charge is -2.21. The smallest absolute Gasteiger partial charge is 0.160 e. The summed E-state index contributed by atoms with van der Waals surface area (Å²) in [5.74, 6) is 1.18. The fourth-order valence-corrected chi connectivity index (χ4v) is 2.26. The molecule has 3 heterocycles. The second-order valence-electron chi connectivity index (χ2n) is 5.17. The molecule has 0 aliphatic heterocycles. The van der Waals surface area contributed by atoms with E-state index in [0.29, 0.717) is 5.92 Å². The number of aromatic nitrogens is 6. The number of anilines is 1. The number of H-pyrrole nitrogens is 1. The molecule has 0 amide bonds. The predicted molar refractivity (Wildman–Crippen MR) is 76.1 cm³/mol. The molecular weight excluding hydrogens is 254 g/mol. The second-order valence-corrected chi connectivity index (χ2v) is 5.17. The topological polar surface area (TPSA) is 84.3 Å². The molecule has 3 rings (SSSR count). The number of rotatable bonds is 4. The van der Waals surface area contributed by atoms with Crippen LogP contribution in [0.1, 0.15) is 25.5 Å². The average Bonchev–Trinajstić information content (AvgIpc) is 3.04. The minimum atomic E-state index is 0.136. The SMILES string of the molecule is CC(C)[C@@H](Nc1ncnc2[nH]ncc12)c1cnn(C)c1. The Morgan fingerprint density at radius 3 is 2.80 bits per heavy atom. The summed E-state index contributed by atoms with van der Waals surface area (Å²) in [5.41, 5.74) is 1.87. The van der Waals surface area contributed by atoms with Crippen LogP contribution < -0.4 is 5.32 Å². The van der Waals surface area contributed by atoms with Crippen molar-refractivity contribution in [2.75, 3.05) is 5.32 Å². The van der Waals surface area contributed by atoms with Crippen molar-refractivity contribution in [3.63, 3.8) is 0 Å². The highest BCUT2D eigenvalue weighted by Gasteiger charge is 2.19. The molecule has 0 unspecified atom stereocenters. The summed E-state index contributed by atoms with van der Waals surface area (Å²) in [6.45, 7) is 4.33. The normalized spacial score (nSPS) is 13.0. The Balaban J connectivity index is 1.96. The molecule has 104 valence electrons. The molecule has 0 spiro atoms. The van der Waals surface area contributed by atoms with Gasteiger partial charge in [-0.1, -0.05) is 13.8 Å². The molecule has 7 heteroatoms. The van der Waals surface area contributed by atoms with Gasteiger partial charge >= 0.3 is 0 Å². The predicted octanol–water partition coefficient (Wildman–Crippen LogP) is 1.90. The number of nitrogens with one attached hydrogen (secondary N) is 2. The lowest BCUT2D eigenvalue weighted by atomic mass is 9.99. The van der Waals surface area contributed by atoms with E-state index in [1.165, 1.54) is 6.33 Å². The molecular formula is C13H17N7. The number of nitrogens with zero attached hydrogens (tertiary/aromatic N) is 5. The van der Waals surface area contributed by atoms with Gasteiger partial charge in [0.1, 0.15) is 12.1 Å². The summed E-state index contributed by atoms with van der Waals surface area (Å²) in [7, 11) is 1.92. The van der Waals surface area contributed by atoms with Crippen molar-refractivity contribution in [1.29, 1.82) is 0 Å². The highest BCUT2D eigenvalue weighted by molar-refractivity contribution is 5.85. The first-order chi connectivity index (χ1) is 9.65. The molecule has 1 atom stereocenters. The van der Waals surface area contributed by atoms with Crippen LogP contribution in [-0.2, 0) is 7.05 Å². The molecule has 0 saturated heterocycles. The Bertz CT molecular complexity index is 712. The molecule has 7 nitrogen and oxygen atoms in total. The van der Waals surface area contributed by atoms with Gasteiger partial charge in [0.2, 0.25) is 0 Å². The molecule has 3 aromatic heterocycles. The minimum absolute atomic E-state index is 0.136. The van der Waals surface area contributed by atoms with E-state index >= 15 is 0 Å². The Morgan fingerprint density at radius 2 is 2.10 bits per heavy atom. The Hall–Kier alpha value is -2.44. The molecule has 0 aliphatic rings. The molecule has 0 fully saturated rings. The highest BCUT2D eigenvalue weighted by Crippen LogP contribution is 2.27. The molecule has 0 radical (unpaired) electrons. The molecule has 3 aromatic rings. The van der Waals surface area contributed by atoms with Gasteiger partial charge < -0.3 is 5.32 Å². The number of aryl methyl sites for hydroxylation is 1. The summed E-state index contributed by atoms with van der Waals surface area (Å²) in [6.07, 6.45) is 7.17. The van der Waals surface area contributed by atoms with Gasteiger partial charge in [-0.05, 0) is 5.92 Å². The van der Waals surface area contributed by atoms with Gasteiger partial charge in [-0.2, -0.15) is 10.2 Å². The molecule has 0 bridgehead atoms. The Morgan fingerprint density at radius 1 is 1.25 bits per heavy atom. The summed E-state index contributed by atoms with van der Waals surface area (Å²) in [6, 6.07) is 0.136. The molecule has 0 saturated carbocycles. The zero-order chi connectivity index (χ0) is 14.1. The van der Waals surface area contributed by atoms with Crippen LogP contribution in [-0.4, -0.2) is 29.9 Å². The third-order valence-corrected chi connectivity index (χ3v) is 3.29. The average molecular weight is 271 g/mol. The number of hydrogen-bond acceptors (Lipinski definition) is 5. The summed E-state index contributed by atoms with van der Waals surface area (Å²) in [4.78, 5) is 8.47. The van der Waals surface area contributed by atoms with Gasteiger partial charge in [0, 0.05) is 18.8 Å². The zero-order valence-corrected chi connectivity index (χ0v) is 11.7. The van der Waals surface area contributed by atoms with E-state index in [1.807, 2.05) is 19.4 Å². The van der Waals surface area contributed by atoms with Crippen molar-refractivity contribution in [1.82, 2.24) is 29.9 Å². The van der Waals surface area contributed by atoms with Gasteiger partial charge in [0.25, 0.3) is 0 Å². The van der Waals surface area contributed by atoms with Crippen LogP contribution in [0.2, 0.25) is 0 Å². The maximum absolute atomic E-state index is 4.32.